The number of hydrogen-bond donors (Lipinski definition) is 3. The Morgan fingerprint density at radius 2 is 2.05 bits per heavy atom. The average Bonchev–Trinajstić information content (AvgIpc) is 2.34. The summed E-state index contributed by atoms with van der Waals surface area (Å²) in [4.78, 5) is 12.5. The number of piperidine rings is 1. The Morgan fingerprint density at radius 1 is 1.45 bits per heavy atom. The fourth-order valence-corrected chi connectivity index (χ4v) is 2.71. The third kappa shape index (κ3) is 3.13. The van der Waals surface area contributed by atoms with Crippen LogP contribution in [0.3, 0.4) is 0 Å². The Labute approximate surface area is 120 Å². The van der Waals surface area contributed by atoms with Crippen molar-refractivity contribution in [3.05, 3.63) is 23.0 Å². The third-order valence-corrected chi connectivity index (χ3v) is 3.88. The predicted octanol–water partition coefficient (Wildman–Crippen LogP) is 1.87. The van der Waals surface area contributed by atoms with Gasteiger partial charge in [-0.3, -0.25) is 4.79 Å². The van der Waals surface area contributed by atoms with Gasteiger partial charge in [-0.05, 0) is 18.9 Å². The van der Waals surface area contributed by atoms with E-state index in [1.54, 1.807) is 0 Å². The van der Waals surface area contributed by atoms with Crippen LogP contribution in [0.1, 0.15) is 19.3 Å². The number of hydrogen-bond acceptors (Lipinski definition) is 4. The fourth-order valence-electron chi connectivity index (χ4n) is 2.42. The van der Waals surface area contributed by atoms with Gasteiger partial charge in [0.1, 0.15) is 5.82 Å². The summed E-state index contributed by atoms with van der Waals surface area (Å²) in [7, 11) is 0. The molecule has 0 aromatic heterocycles. The maximum absolute atomic E-state index is 13.5. The molecule has 20 heavy (non-hydrogen) atoms. The van der Waals surface area contributed by atoms with E-state index in [4.69, 9.17) is 22.4 Å². The largest absolute Gasteiger partial charge is 0.481 e. The van der Waals surface area contributed by atoms with Gasteiger partial charge in [0, 0.05) is 19.2 Å². The first-order chi connectivity index (χ1) is 9.31. The molecule has 0 spiro atoms. The summed E-state index contributed by atoms with van der Waals surface area (Å²) in [5.41, 5.74) is 4.72. The number of nitrogens with two attached hydrogens (primary N) is 1. The van der Waals surface area contributed by atoms with Crippen LogP contribution in [-0.2, 0) is 4.79 Å². The van der Waals surface area contributed by atoms with Gasteiger partial charge >= 0.3 is 5.97 Å². The number of carboxylic acid groups (broad SMARTS) is 1. The monoisotopic (exact) mass is 302 g/mol. The average molecular weight is 303 g/mol. The fraction of sp³-hybridized carbons (Fsp3) is 0.462. The van der Waals surface area contributed by atoms with E-state index < -0.39 is 17.4 Å². The first-order valence-corrected chi connectivity index (χ1v) is 6.62. The molecule has 0 unspecified atom stereocenters. The molecule has 4 N–H and O–H groups in total. The van der Waals surface area contributed by atoms with E-state index in [1.165, 1.54) is 12.1 Å². The SMILES string of the molecule is Nc1cc(Cl)c(N2CCC(O)(CC(=O)O)CC2)cc1F. The van der Waals surface area contributed by atoms with Gasteiger partial charge in [0.25, 0.3) is 0 Å². The number of rotatable bonds is 3. The molecule has 1 heterocycles. The second kappa shape index (κ2) is 5.46. The predicted molar refractivity (Wildman–Crippen MR) is 74.5 cm³/mol. The van der Waals surface area contributed by atoms with Gasteiger partial charge in [-0.1, -0.05) is 11.6 Å². The highest BCUT2D eigenvalue weighted by molar-refractivity contribution is 6.33. The van der Waals surface area contributed by atoms with E-state index in [-0.39, 0.29) is 12.1 Å². The van der Waals surface area contributed by atoms with Gasteiger partial charge in [0.2, 0.25) is 0 Å². The van der Waals surface area contributed by atoms with Crippen LogP contribution >= 0.6 is 11.6 Å². The minimum absolute atomic E-state index is 0.0156. The van der Waals surface area contributed by atoms with Crippen molar-refractivity contribution >= 4 is 28.9 Å². The number of halogens is 2. The smallest absolute Gasteiger partial charge is 0.306 e. The molecule has 0 saturated carbocycles. The van der Waals surface area contributed by atoms with E-state index in [1.807, 2.05) is 4.90 Å². The van der Waals surface area contributed by atoms with E-state index >= 15 is 0 Å². The van der Waals surface area contributed by atoms with Crippen LogP contribution in [0.4, 0.5) is 15.8 Å². The molecule has 110 valence electrons. The van der Waals surface area contributed by atoms with Gasteiger partial charge in [0.15, 0.2) is 0 Å². The van der Waals surface area contributed by atoms with Gasteiger partial charge in [-0.2, -0.15) is 0 Å². The van der Waals surface area contributed by atoms with Crippen LogP contribution in [-0.4, -0.2) is 34.9 Å². The van der Waals surface area contributed by atoms with Crippen molar-refractivity contribution in [2.45, 2.75) is 24.9 Å². The number of nitrogen functional groups attached to an aromatic ring is 1. The first-order valence-electron chi connectivity index (χ1n) is 6.24. The molecule has 0 amide bonds. The summed E-state index contributed by atoms with van der Waals surface area (Å²) < 4.78 is 13.5. The van der Waals surface area contributed by atoms with Crippen LogP contribution in [0.5, 0.6) is 0 Å². The molecule has 1 aromatic carbocycles. The summed E-state index contributed by atoms with van der Waals surface area (Å²) in [6.45, 7) is 0.819. The zero-order valence-electron chi connectivity index (χ0n) is 10.8. The number of anilines is 2. The Bertz CT molecular complexity index is 531. The second-order valence-corrected chi connectivity index (χ2v) is 5.51. The molecule has 1 aliphatic rings. The lowest BCUT2D eigenvalue weighted by Crippen LogP contribution is -2.45. The lowest BCUT2D eigenvalue weighted by atomic mass is 9.88. The molecule has 5 nitrogen and oxygen atoms in total. The van der Waals surface area contributed by atoms with Gasteiger partial charge < -0.3 is 20.8 Å². The second-order valence-electron chi connectivity index (χ2n) is 5.11. The molecule has 7 heteroatoms. The van der Waals surface area contributed by atoms with Crippen LogP contribution in [0.15, 0.2) is 12.1 Å². The molecule has 1 aromatic rings. The highest BCUT2D eigenvalue weighted by Gasteiger charge is 2.35. The first kappa shape index (κ1) is 14.9. The third-order valence-electron chi connectivity index (χ3n) is 3.58. The Morgan fingerprint density at radius 3 is 2.60 bits per heavy atom. The number of nitrogens with zero attached hydrogens (tertiary/aromatic N) is 1. The van der Waals surface area contributed by atoms with Gasteiger partial charge in [-0.15, -0.1) is 0 Å². The quantitative estimate of drug-likeness (QED) is 0.742. The standard InChI is InChI=1S/C13H16ClFN2O3/c14-8-5-10(16)9(15)6-11(8)17-3-1-13(20,2-4-17)7-12(18)19/h5-6,20H,1-4,7,16H2,(H,18,19). The number of carbonyl (C=O) groups is 1. The summed E-state index contributed by atoms with van der Waals surface area (Å²) in [6.07, 6.45) is 0.300. The maximum Gasteiger partial charge on any atom is 0.306 e. The summed E-state index contributed by atoms with van der Waals surface area (Å²) in [5, 5.41) is 19.2. The summed E-state index contributed by atoms with van der Waals surface area (Å²) in [6, 6.07) is 2.61. The van der Waals surface area contributed by atoms with Crippen LogP contribution in [0, 0.1) is 5.82 Å². The van der Waals surface area contributed by atoms with Crippen LogP contribution in [0.2, 0.25) is 5.02 Å². The summed E-state index contributed by atoms with van der Waals surface area (Å²) in [5.74, 6) is -1.58. The van der Waals surface area contributed by atoms with Crippen molar-refractivity contribution in [1.82, 2.24) is 0 Å². The zero-order valence-corrected chi connectivity index (χ0v) is 11.5. The molecule has 0 atom stereocenters. The normalized spacial score (nSPS) is 18.1. The zero-order chi connectivity index (χ0) is 14.9. The lowest BCUT2D eigenvalue weighted by molar-refractivity contribution is -0.143. The molecule has 0 radical (unpaired) electrons. The minimum atomic E-state index is -1.21. The van der Waals surface area contributed by atoms with Crippen molar-refractivity contribution in [2.75, 3.05) is 23.7 Å². The Balaban J connectivity index is 2.11. The highest BCUT2D eigenvalue weighted by Crippen LogP contribution is 2.34. The van der Waals surface area contributed by atoms with Crippen LogP contribution in [0.25, 0.3) is 0 Å². The van der Waals surface area contributed by atoms with E-state index in [2.05, 4.69) is 0 Å². The number of carboxylic acids is 1. The number of aliphatic carboxylic acids is 1. The highest BCUT2D eigenvalue weighted by atomic mass is 35.5. The van der Waals surface area contributed by atoms with Crippen molar-refractivity contribution in [2.24, 2.45) is 0 Å². The van der Waals surface area contributed by atoms with Crippen LogP contribution < -0.4 is 10.6 Å². The van der Waals surface area contributed by atoms with Gasteiger partial charge in [-0.25, -0.2) is 4.39 Å². The molecular formula is C13H16ClFN2O3. The number of aliphatic hydroxyl groups is 1. The Kier molecular flexibility index (Phi) is 4.06. The topological polar surface area (TPSA) is 86.8 Å². The van der Waals surface area contributed by atoms with Crippen molar-refractivity contribution in [3.8, 4) is 0 Å². The molecule has 1 aliphatic heterocycles. The van der Waals surface area contributed by atoms with Crippen molar-refractivity contribution in [3.63, 3.8) is 0 Å². The molecular weight excluding hydrogens is 287 g/mol. The summed E-state index contributed by atoms with van der Waals surface area (Å²) >= 11 is 6.05. The molecule has 0 aliphatic carbocycles. The minimum Gasteiger partial charge on any atom is -0.481 e. The molecule has 1 fully saturated rings. The van der Waals surface area contributed by atoms with Crippen molar-refractivity contribution < 1.29 is 19.4 Å². The van der Waals surface area contributed by atoms with E-state index in [0.717, 1.165) is 0 Å². The number of benzene rings is 1. The Hall–Kier alpha value is -1.53. The molecule has 0 bridgehead atoms. The van der Waals surface area contributed by atoms with E-state index in [0.29, 0.717) is 36.6 Å². The maximum atomic E-state index is 13.5. The molecule has 2 rings (SSSR count). The van der Waals surface area contributed by atoms with Gasteiger partial charge in [0.05, 0.1) is 28.4 Å². The van der Waals surface area contributed by atoms with E-state index in [9.17, 15) is 14.3 Å². The van der Waals surface area contributed by atoms with Crippen molar-refractivity contribution in [1.29, 1.82) is 0 Å². The lowest BCUT2D eigenvalue weighted by Gasteiger charge is -2.38. The molecule has 1 saturated heterocycles.